The van der Waals surface area contributed by atoms with E-state index in [1.165, 1.54) is 36.3 Å². The number of nitrogens with two attached hydrogens (primary N) is 1. The number of ether oxygens (including phenoxy) is 2. The number of hydrogen-bond acceptors (Lipinski definition) is 7. The second-order valence-electron chi connectivity index (χ2n) is 7.25. The van der Waals surface area contributed by atoms with Crippen molar-refractivity contribution in [3.8, 4) is 17.7 Å². The molecule has 0 saturated carbocycles. The standard InChI is InChI=1S/C23H28FN5O3S/c1-5-6-7-10-32-20-14-27-19(13-28-20)21(30)29-17-8-9-18(24)16(11-17)12-23(2,15-31-4)33-22(25)26-3/h8-9,11,13-14H,7,10,12,15H2,1-4H3,(H2,25,26)(H,29,30)/t23-/m1/s1. The van der Waals surface area contributed by atoms with Gasteiger partial charge in [-0.2, -0.15) is 0 Å². The molecule has 10 heteroatoms. The number of halogens is 1. The maximum Gasteiger partial charge on any atom is 0.275 e. The van der Waals surface area contributed by atoms with Crippen LogP contribution in [0.15, 0.2) is 35.6 Å². The van der Waals surface area contributed by atoms with Crippen LogP contribution < -0.4 is 15.8 Å². The number of anilines is 1. The molecule has 0 spiro atoms. The fourth-order valence-electron chi connectivity index (χ4n) is 2.95. The summed E-state index contributed by atoms with van der Waals surface area (Å²) >= 11 is 1.31. The summed E-state index contributed by atoms with van der Waals surface area (Å²) in [5.41, 5.74) is 6.82. The summed E-state index contributed by atoms with van der Waals surface area (Å²) in [5, 5.41) is 3.10. The van der Waals surface area contributed by atoms with Gasteiger partial charge in [-0.05, 0) is 44.0 Å². The smallest absolute Gasteiger partial charge is 0.275 e. The highest BCUT2D eigenvalue weighted by Crippen LogP contribution is 2.31. The van der Waals surface area contributed by atoms with Crippen LogP contribution in [0.5, 0.6) is 5.88 Å². The number of nitrogens with zero attached hydrogens (tertiary/aromatic N) is 3. The van der Waals surface area contributed by atoms with Crippen LogP contribution in [0.4, 0.5) is 10.1 Å². The van der Waals surface area contributed by atoms with Crippen LogP contribution in [0.2, 0.25) is 0 Å². The van der Waals surface area contributed by atoms with E-state index in [4.69, 9.17) is 15.2 Å². The first-order valence-electron chi connectivity index (χ1n) is 10.1. The molecule has 3 N–H and O–H groups in total. The van der Waals surface area contributed by atoms with E-state index in [2.05, 4.69) is 32.1 Å². The van der Waals surface area contributed by atoms with Gasteiger partial charge in [0.25, 0.3) is 5.91 Å². The van der Waals surface area contributed by atoms with Crippen molar-refractivity contribution in [3.63, 3.8) is 0 Å². The third-order valence-electron chi connectivity index (χ3n) is 4.40. The van der Waals surface area contributed by atoms with Crippen LogP contribution >= 0.6 is 11.8 Å². The van der Waals surface area contributed by atoms with Crippen molar-refractivity contribution in [1.82, 2.24) is 9.97 Å². The normalized spacial score (nSPS) is 12.9. The van der Waals surface area contributed by atoms with Crippen LogP contribution in [-0.4, -0.2) is 53.2 Å². The zero-order valence-corrected chi connectivity index (χ0v) is 20.0. The number of methoxy groups -OCH3 is 1. The average Bonchev–Trinajstić information content (AvgIpc) is 2.79. The van der Waals surface area contributed by atoms with Crippen LogP contribution in [0, 0.1) is 17.7 Å². The Morgan fingerprint density at radius 3 is 2.79 bits per heavy atom. The molecule has 2 aromatic rings. The summed E-state index contributed by atoms with van der Waals surface area (Å²) in [7, 11) is 3.16. The highest BCUT2D eigenvalue weighted by Gasteiger charge is 2.29. The summed E-state index contributed by atoms with van der Waals surface area (Å²) in [4.78, 5) is 24.7. The van der Waals surface area contributed by atoms with Crippen molar-refractivity contribution in [2.24, 2.45) is 10.7 Å². The predicted octanol–water partition coefficient (Wildman–Crippen LogP) is 3.29. The van der Waals surface area contributed by atoms with Crippen LogP contribution in [-0.2, 0) is 11.2 Å². The summed E-state index contributed by atoms with van der Waals surface area (Å²) in [6.07, 6.45) is 3.58. The summed E-state index contributed by atoms with van der Waals surface area (Å²) in [6.45, 7) is 4.39. The van der Waals surface area contributed by atoms with Gasteiger partial charge in [-0.3, -0.25) is 9.79 Å². The second-order valence-corrected chi connectivity index (χ2v) is 8.86. The highest BCUT2D eigenvalue weighted by atomic mass is 32.2. The van der Waals surface area contributed by atoms with Crippen molar-refractivity contribution < 1.29 is 18.7 Å². The fraction of sp³-hybridized carbons (Fsp3) is 0.391. The molecule has 0 unspecified atom stereocenters. The van der Waals surface area contributed by atoms with Gasteiger partial charge < -0.3 is 20.5 Å². The molecule has 1 amide bonds. The van der Waals surface area contributed by atoms with Crippen molar-refractivity contribution >= 4 is 28.5 Å². The molecule has 1 atom stereocenters. The van der Waals surface area contributed by atoms with Gasteiger partial charge in [0, 0.05) is 31.0 Å². The quantitative estimate of drug-likeness (QED) is 0.236. The molecule has 176 valence electrons. The van der Waals surface area contributed by atoms with E-state index < -0.39 is 16.5 Å². The van der Waals surface area contributed by atoms with Crippen LogP contribution in [0.25, 0.3) is 0 Å². The predicted molar refractivity (Wildman–Crippen MR) is 129 cm³/mol. The molecule has 2 rings (SSSR count). The van der Waals surface area contributed by atoms with E-state index in [9.17, 15) is 9.18 Å². The third-order valence-corrected chi connectivity index (χ3v) is 5.55. The number of thioether (sulfide) groups is 1. The van der Waals surface area contributed by atoms with Crippen molar-refractivity contribution in [3.05, 3.63) is 47.7 Å². The fourth-order valence-corrected chi connectivity index (χ4v) is 3.95. The molecule has 1 aromatic carbocycles. The highest BCUT2D eigenvalue weighted by molar-refractivity contribution is 8.15. The maximum absolute atomic E-state index is 14.5. The lowest BCUT2D eigenvalue weighted by Crippen LogP contribution is -2.33. The summed E-state index contributed by atoms with van der Waals surface area (Å²) in [6, 6.07) is 4.38. The lowest BCUT2D eigenvalue weighted by molar-refractivity contribution is 0.102. The number of rotatable bonds is 10. The van der Waals surface area contributed by atoms with Gasteiger partial charge in [0.15, 0.2) is 5.17 Å². The average molecular weight is 474 g/mol. The molecule has 0 radical (unpaired) electrons. The van der Waals surface area contributed by atoms with Gasteiger partial charge in [-0.15, -0.1) is 11.8 Å². The van der Waals surface area contributed by atoms with E-state index >= 15 is 0 Å². The van der Waals surface area contributed by atoms with Crippen molar-refractivity contribution in [1.29, 1.82) is 0 Å². The summed E-state index contributed by atoms with van der Waals surface area (Å²) < 4.78 is 24.7. The maximum atomic E-state index is 14.5. The lowest BCUT2D eigenvalue weighted by Gasteiger charge is -2.28. The van der Waals surface area contributed by atoms with Crippen LogP contribution in [0.1, 0.15) is 36.3 Å². The Balaban J connectivity index is 2.10. The molecule has 0 saturated heterocycles. The molecule has 0 aliphatic heterocycles. The topological polar surface area (TPSA) is 112 Å². The Morgan fingerprint density at radius 2 is 2.15 bits per heavy atom. The number of carbonyl (C=O) groups is 1. The van der Waals surface area contributed by atoms with Gasteiger partial charge in [0.1, 0.15) is 18.1 Å². The first-order valence-corrected chi connectivity index (χ1v) is 11.0. The molecule has 0 fully saturated rings. The molecule has 8 nitrogen and oxygen atoms in total. The minimum atomic E-state index is -0.550. The first kappa shape index (κ1) is 26.1. The van der Waals surface area contributed by atoms with Gasteiger partial charge in [-0.1, -0.05) is 11.8 Å². The zero-order valence-electron chi connectivity index (χ0n) is 19.1. The lowest BCUT2D eigenvalue weighted by atomic mass is 10.00. The van der Waals surface area contributed by atoms with Gasteiger partial charge in [0.05, 0.1) is 19.0 Å². The van der Waals surface area contributed by atoms with Gasteiger partial charge in [-0.25, -0.2) is 14.4 Å². The molecule has 33 heavy (non-hydrogen) atoms. The number of benzene rings is 1. The number of hydrogen-bond donors (Lipinski definition) is 2. The molecule has 0 bridgehead atoms. The zero-order chi connectivity index (χ0) is 24.3. The molecular formula is C23H28FN5O3S. The molecule has 1 aromatic heterocycles. The Kier molecular flexibility index (Phi) is 10.1. The van der Waals surface area contributed by atoms with E-state index in [1.54, 1.807) is 27.1 Å². The summed E-state index contributed by atoms with van der Waals surface area (Å²) in [5.74, 6) is 5.10. The van der Waals surface area contributed by atoms with E-state index in [0.29, 0.717) is 48.4 Å². The third kappa shape index (κ3) is 8.36. The number of amidine groups is 1. The Labute approximate surface area is 197 Å². The molecular weight excluding hydrogens is 445 g/mol. The first-order chi connectivity index (χ1) is 15.8. The van der Waals surface area contributed by atoms with Crippen molar-refractivity contribution in [2.75, 3.05) is 32.7 Å². The number of carbonyl (C=O) groups excluding carboxylic acids is 1. The Morgan fingerprint density at radius 1 is 1.36 bits per heavy atom. The largest absolute Gasteiger partial charge is 0.476 e. The number of aromatic nitrogens is 2. The number of nitrogens with one attached hydrogen (secondary N) is 1. The minimum Gasteiger partial charge on any atom is -0.476 e. The molecule has 0 aliphatic carbocycles. The second kappa shape index (κ2) is 12.8. The van der Waals surface area contributed by atoms with E-state index in [-0.39, 0.29) is 5.69 Å². The molecule has 0 aliphatic rings. The minimum absolute atomic E-state index is 0.105. The number of aliphatic imine (C=N–C) groups is 1. The number of amides is 1. The SMILES string of the molecule is CC#CCCOc1cnc(C(=O)Nc2ccc(F)c(C[C@](C)(COC)SC(N)=NC)c2)cn1. The monoisotopic (exact) mass is 473 g/mol. The van der Waals surface area contributed by atoms with E-state index in [0.717, 1.165) is 0 Å². The van der Waals surface area contributed by atoms with Crippen molar-refractivity contribution in [2.45, 2.75) is 31.4 Å². The Hall–Kier alpha value is -3.16. The van der Waals surface area contributed by atoms with E-state index in [1.807, 2.05) is 6.92 Å². The van der Waals surface area contributed by atoms with Crippen LogP contribution in [0.3, 0.4) is 0 Å². The molecule has 1 heterocycles. The van der Waals surface area contributed by atoms with Gasteiger partial charge >= 0.3 is 0 Å². The van der Waals surface area contributed by atoms with Gasteiger partial charge in [0.2, 0.25) is 5.88 Å². The Bertz CT molecular complexity index is 1040.